The van der Waals surface area contributed by atoms with Crippen LogP contribution in [-0.4, -0.2) is 42.8 Å². The summed E-state index contributed by atoms with van der Waals surface area (Å²) in [5.41, 5.74) is 1.36. The van der Waals surface area contributed by atoms with E-state index in [4.69, 9.17) is 4.74 Å². The summed E-state index contributed by atoms with van der Waals surface area (Å²) in [7, 11) is 1.38. The van der Waals surface area contributed by atoms with Gasteiger partial charge in [-0.25, -0.2) is 9.59 Å². The molecule has 1 amide bonds. The zero-order valence-corrected chi connectivity index (χ0v) is 15.0. The first-order valence-electron chi connectivity index (χ1n) is 8.43. The maximum atomic E-state index is 11.9. The smallest absolute Gasteiger partial charge is 0.410 e. The van der Waals surface area contributed by atoms with E-state index in [2.05, 4.69) is 4.74 Å². The molecule has 1 aromatic carbocycles. The maximum absolute atomic E-state index is 11.9. The second-order valence-electron chi connectivity index (χ2n) is 7.33. The molecule has 5 heteroatoms. The first-order valence-corrected chi connectivity index (χ1v) is 8.43. The van der Waals surface area contributed by atoms with Crippen LogP contribution in [0.25, 0.3) is 0 Å². The van der Waals surface area contributed by atoms with Crippen molar-refractivity contribution in [3.05, 3.63) is 35.4 Å². The number of carbonyl (C=O) groups is 2. The Bertz CT molecular complexity index is 568. The molecule has 5 nitrogen and oxygen atoms in total. The summed E-state index contributed by atoms with van der Waals surface area (Å²) in [6, 6.07) is 7.55. The Balaban J connectivity index is 1.66. The van der Waals surface area contributed by atoms with Gasteiger partial charge in [-0.3, -0.25) is 0 Å². The average molecular weight is 333 g/mol. The number of hydrogen-bond donors (Lipinski definition) is 0. The number of amides is 1. The number of ether oxygens (including phenoxy) is 2. The Morgan fingerprint density at radius 3 is 2.33 bits per heavy atom. The van der Waals surface area contributed by atoms with Gasteiger partial charge in [0.15, 0.2) is 0 Å². The van der Waals surface area contributed by atoms with Crippen molar-refractivity contribution >= 4 is 12.1 Å². The monoisotopic (exact) mass is 333 g/mol. The largest absolute Gasteiger partial charge is 0.465 e. The Morgan fingerprint density at radius 2 is 1.79 bits per heavy atom. The van der Waals surface area contributed by atoms with Gasteiger partial charge in [0, 0.05) is 13.1 Å². The molecule has 1 fully saturated rings. The molecule has 2 rings (SSSR count). The first-order chi connectivity index (χ1) is 11.3. The van der Waals surface area contributed by atoms with E-state index in [9.17, 15) is 9.59 Å². The van der Waals surface area contributed by atoms with E-state index in [1.807, 2.05) is 32.9 Å². The number of rotatable bonds is 5. The van der Waals surface area contributed by atoms with Crippen molar-refractivity contribution in [3.63, 3.8) is 0 Å². The third kappa shape index (κ3) is 5.25. The van der Waals surface area contributed by atoms with Gasteiger partial charge >= 0.3 is 12.1 Å². The number of likely N-dealkylation sites (tertiary alicyclic amines) is 1. The summed E-state index contributed by atoms with van der Waals surface area (Å²) >= 11 is 0. The number of carbonyl (C=O) groups excluding carboxylic acids is 2. The van der Waals surface area contributed by atoms with Gasteiger partial charge in [-0.1, -0.05) is 12.1 Å². The second-order valence-corrected chi connectivity index (χ2v) is 7.33. The molecule has 1 heterocycles. The van der Waals surface area contributed by atoms with Gasteiger partial charge in [0.25, 0.3) is 0 Å². The van der Waals surface area contributed by atoms with Crippen LogP contribution in [0.5, 0.6) is 0 Å². The lowest BCUT2D eigenvalue weighted by atomic mass is 9.93. The lowest BCUT2D eigenvalue weighted by Gasteiger charge is -2.39. The second kappa shape index (κ2) is 7.69. The van der Waals surface area contributed by atoms with Gasteiger partial charge in [0.05, 0.1) is 12.7 Å². The van der Waals surface area contributed by atoms with Crippen LogP contribution in [0.15, 0.2) is 24.3 Å². The van der Waals surface area contributed by atoms with Crippen LogP contribution >= 0.6 is 0 Å². The van der Waals surface area contributed by atoms with Crippen molar-refractivity contribution in [2.45, 2.75) is 45.6 Å². The van der Waals surface area contributed by atoms with Crippen molar-refractivity contribution in [1.82, 2.24) is 4.90 Å². The summed E-state index contributed by atoms with van der Waals surface area (Å²) in [5, 5.41) is 0. The standard InChI is InChI=1S/C19H27NO4/c1-19(2,3)24-18(22)20-12-15(13-20)7-5-6-14-8-10-16(11-9-14)17(21)23-4/h8-11,15H,5-7,12-13H2,1-4H3. The molecule has 0 atom stereocenters. The lowest BCUT2D eigenvalue weighted by Crippen LogP contribution is -2.51. The predicted octanol–water partition coefficient (Wildman–Crippen LogP) is 3.66. The van der Waals surface area contributed by atoms with Gasteiger partial charge in [-0.15, -0.1) is 0 Å². The zero-order valence-electron chi connectivity index (χ0n) is 15.0. The summed E-state index contributed by atoms with van der Waals surface area (Å²) in [6.45, 7) is 7.22. The molecule has 1 aliphatic rings. The molecular formula is C19H27NO4. The predicted molar refractivity (Wildman–Crippen MR) is 92.0 cm³/mol. The molecule has 24 heavy (non-hydrogen) atoms. The average Bonchev–Trinajstić information content (AvgIpc) is 2.47. The number of aryl methyl sites for hydroxylation is 1. The fourth-order valence-corrected chi connectivity index (χ4v) is 2.75. The first kappa shape index (κ1) is 18.3. The minimum atomic E-state index is -0.432. The van der Waals surface area contributed by atoms with E-state index in [1.54, 1.807) is 17.0 Å². The fourth-order valence-electron chi connectivity index (χ4n) is 2.75. The minimum Gasteiger partial charge on any atom is -0.465 e. The SMILES string of the molecule is COC(=O)c1ccc(CCCC2CN(C(=O)OC(C)(C)C)C2)cc1. The van der Waals surface area contributed by atoms with Gasteiger partial charge in [0.2, 0.25) is 0 Å². The van der Waals surface area contributed by atoms with Crippen molar-refractivity contribution in [1.29, 1.82) is 0 Å². The third-order valence-electron chi connectivity index (χ3n) is 4.06. The highest BCUT2D eigenvalue weighted by atomic mass is 16.6. The van der Waals surface area contributed by atoms with Gasteiger partial charge < -0.3 is 14.4 Å². The van der Waals surface area contributed by atoms with E-state index in [-0.39, 0.29) is 12.1 Å². The van der Waals surface area contributed by atoms with Crippen LogP contribution in [-0.2, 0) is 15.9 Å². The molecule has 1 aliphatic heterocycles. The Morgan fingerprint density at radius 1 is 1.17 bits per heavy atom. The van der Waals surface area contributed by atoms with Crippen LogP contribution in [0.4, 0.5) is 4.79 Å². The Kier molecular flexibility index (Phi) is 5.86. The maximum Gasteiger partial charge on any atom is 0.410 e. The van der Waals surface area contributed by atoms with Crippen molar-refractivity contribution in [2.75, 3.05) is 20.2 Å². The molecule has 0 radical (unpaired) electrons. The molecule has 0 N–H and O–H groups in total. The molecule has 1 saturated heterocycles. The molecule has 0 saturated carbocycles. The van der Waals surface area contributed by atoms with E-state index in [0.717, 1.165) is 32.4 Å². The quantitative estimate of drug-likeness (QED) is 0.772. The van der Waals surface area contributed by atoms with Gasteiger partial charge in [-0.05, 0) is 63.6 Å². The molecule has 0 aliphatic carbocycles. The van der Waals surface area contributed by atoms with Crippen LogP contribution in [0.1, 0.15) is 49.5 Å². The summed E-state index contributed by atoms with van der Waals surface area (Å²) in [5.74, 6) is 0.255. The number of benzene rings is 1. The van der Waals surface area contributed by atoms with Crippen LogP contribution in [0, 0.1) is 5.92 Å². The molecule has 0 aromatic heterocycles. The van der Waals surface area contributed by atoms with E-state index >= 15 is 0 Å². The fraction of sp³-hybridized carbons (Fsp3) is 0.579. The molecule has 132 valence electrons. The van der Waals surface area contributed by atoms with E-state index in [1.165, 1.54) is 12.7 Å². The molecule has 1 aromatic rings. The Labute approximate surface area is 143 Å². The third-order valence-corrected chi connectivity index (χ3v) is 4.06. The van der Waals surface area contributed by atoms with Gasteiger partial charge in [0.1, 0.15) is 5.60 Å². The van der Waals surface area contributed by atoms with Crippen LogP contribution in [0.3, 0.4) is 0 Å². The zero-order chi connectivity index (χ0) is 17.7. The van der Waals surface area contributed by atoms with Crippen molar-refractivity contribution in [2.24, 2.45) is 5.92 Å². The van der Waals surface area contributed by atoms with Crippen LogP contribution in [0.2, 0.25) is 0 Å². The molecule has 0 unspecified atom stereocenters. The highest BCUT2D eigenvalue weighted by Gasteiger charge is 2.33. The normalized spacial score (nSPS) is 14.9. The summed E-state index contributed by atoms with van der Waals surface area (Å²) in [4.78, 5) is 25.0. The van der Waals surface area contributed by atoms with Gasteiger partial charge in [-0.2, -0.15) is 0 Å². The molecule has 0 bridgehead atoms. The van der Waals surface area contributed by atoms with E-state index in [0.29, 0.717) is 11.5 Å². The molecule has 0 spiro atoms. The summed E-state index contributed by atoms with van der Waals surface area (Å²) in [6.07, 6.45) is 2.93. The number of hydrogen-bond acceptors (Lipinski definition) is 4. The van der Waals surface area contributed by atoms with Crippen LogP contribution < -0.4 is 0 Å². The molecular weight excluding hydrogens is 306 g/mol. The minimum absolute atomic E-state index is 0.211. The lowest BCUT2D eigenvalue weighted by molar-refractivity contribution is -0.00234. The summed E-state index contributed by atoms with van der Waals surface area (Å²) < 4.78 is 10.0. The number of esters is 1. The number of nitrogens with zero attached hydrogens (tertiary/aromatic N) is 1. The highest BCUT2D eigenvalue weighted by Crippen LogP contribution is 2.24. The highest BCUT2D eigenvalue weighted by molar-refractivity contribution is 5.89. The Hall–Kier alpha value is -2.04. The van der Waals surface area contributed by atoms with E-state index < -0.39 is 5.60 Å². The van der Waals surface area contributed by atoms with Crippen molar-refractivity contribution in [3.8, 4) is 0 Å². The van der Waals surface area contributed by atoms with Crippen molar-refractivity contribution < 1.29 is 19.1 Å². The topological polar surface area (TPSA) is 55.8 Å². The number of methoxy groups -OCH3 is 1.